The van der Waals surface area contributed by atoms with E-state index < -0.39 is 0 Å². The van der Waals surface area contributed by atoms with Crippen molar-refractivity contribution in [2.75, 3.05) is 5.75 Å². The lowest BCUT2D eigenvalue weighted by atomic mass is 10.4. The minimum absolute atomic E-state index is 0.111. The summed E-state index contributed by atoms with van der Waals surface area (Å²) in [6.45, 7) is 0.649. The van der Waals surface area contributed by atoms with Crippen molar-refractivity contribution in [1.82, 2.24) is 5.32 Å². The van der Waals surface area contributed by atoms with Crippen molar-refractivity contribution in [2.45, 2.75) is 12.3 Å². The minimum atomic E-state index is 0.111. The number of carbonyl (C=O) groups excluding carboxylic acids is 1. The number of carbonyl (C=O) groups is 1. The molecule has 0 saturated carbocycles. The van der Waals surface area contributed by atoms with Crippen molar-refractivity contribution in [2.24, 2.45) is 0 Å². The Morgan fingerprint density at radius 1 is 1.18 bits per heavy atom. The second-order valence-electron chi connectivity index (χ2n) is 3.43. The van der Waals surface area contributed by atoms with Crippen LogP contribution in [0.4, 0.5) is 0 Å². The van der Waals surface area contributed by atoms with E-state index in [-0.39, 0.29) is 5.91 Å². The summed E-state index contributed by atoms with van der Waals surface area (Å²) >= 11 is 5.06. The third kappa shape index (κ3) is 4.53. The molecule has 2 aromatic heterocycles. The molecule has 17 heavy (non-hydrogen) atoms. The number of nitrogens with one attached hydrogen (secondary N) is 1. The van der Waals surface area contributed by atoms with Crippen molar-refractivity contribution >= 4 is 40.3 Å². The molecule has 1 amide bonds. The van der Waals surface area contributed by atoms with Crippen LogP contribution < -0.4 is 5.32 Å². The number of thiophene rings is 2. The van der Waals surface area contributed by atoms with Gasteiger partial charge in [-0.05, 0) is 22.9 Å². The van der Waals surface area contributed by atoms with Crippen molar-refractivity contribution in [3.05, 3.63) is 44.8 Å². The highest BCUT2D eigenvalue weighted by Gasteiger charge is 2.02. The van der Waals surface area contributed by atoms with Gasteiger partial charge in [0.25, 0.3) is 0 Å². The first kappa shape index (κ1) is 12.7. The maximum Gasteiger partial charge on any atom is 0.230 e. The zero-order valence-corrected chi connectivity index (χ0v) is 11.7. The third-order valence-electron chi connectivity index (χ3n) is 2.10. The van der Waals surface area contributed by atoms with E-state index in [0.717, 1.165) is 5.75 Å². The molecule has 0 aliphatic rings. The first-order valence-corrected chi connectivity index (χ1v) is 8.15. The average Bonchev–Trinajstić information content (AvgIpc) is 2.99. The molecule has 0 fully saturated rings. The summed E-state index contributed by atoms with van der Waals surface area (Å²) in [4.78, 5) is 14.1. The standard InChI is InChI=1S/C12H13NOS3/c14-12(13-7-10-3-1-5-16-10)9-15-8-11-4-2-6-17-11/h1-6H,7-9H2,(H,13,14). The molecule has 2 nitrogen and oxygen atoms in total. The minimum Gasteiger partial charge on any atom is -0.350 e. The predicted molar refractivity (Wildman–Crippen MR) is 76.6 cm³/mol. The summed E-state index contributed by atoms with van der Waals surface area (Å²) in [7, 11) is 0. The molecule has 1 N–H and O–H groups in total. The van der Waals surface area contributed by atoms with E-state index in [4.69, 9.17) is 0 Å². The summed E-state index contributed by atoms with van der Waals surface area (Å²) in [5.74, 6) is 1.56. The third-order valence-corrected chi connectivity index (χ3v) is 5.01. The largest absolute Gasteiger partial charge is 0.350 e. The molecule has 2 heterocycles. The van der Waals surface area contributed by atoms with E-state index in [0.29, 0.717) is 12.3 Å². The quantitative estimate of drug-likeness (QED) is 0.881. The molecule has 90 valence electrons. The molecule has 0 aromatic carbocycles. The molecule has 0 atom stereocenters. The van der Waals surface area contributed by atoms with Crippen LogP contribution >= 0.6 is 34.4 Å². The highest BCUT2D eigenvalue weighted by Crippen LogP contribution is 2.16. The molecule has 0 aliphatic carbocycles. The van der Waals surface area contributed by atoms with Gasteiger partial charge < -0.3 is 5.32 Å². The van der Waals surface area contributed by atoms with Crippen LogP contribution in [0.25, 0.3) is 0 Å². The van der Waals surface area contributed by atoms with Gasteiger partial charge in [-0.25, -0.2) is 0 Å². The van der Waals surface area contributed by atoms with Crippen LogP contribution in [0.15, 0.2) is 35.0 Å². The van der Waals surface area contributed by atoms with Gasteiger partial charge in [-0.2, -0.15) is 0 Å². The van der Waals surface area contributed by atoms with E-state index in [1.165, 1.54) is 9.75 Å². The predicted octanol–water partition coefficient (Wildman–Crippen LogP) is 3.36. The fourth-order valence-electron chi connectivity index (χ4n) is 1.29. The monoisotopic (exact) mass is 283 g/mol. The lowest BCUT2D eigenvalue weighted by Gasteiger charge is -2.02. The van der Waals surface area contributed by atoms with Gasteiger partial charge in [0.1, 0.15) is 0 Å². The van der Waals surface area contributed by atoms with E-state index in [1.807, 2.05) is 23.6 Å². The molecular formula is C12H13NOS3. The molecule has 0 bridgehead atoms. The van der Waals surface area contributed by atoms with Crippen LogP contribution in [0.2, 0.25) is 0 Å². The molecule has 5 heteroatoms. The zero-order chi connectivity index (χ0) is 11.9. The van der Waals surface area contributed by atoms with Gasteiger partial charge in [-0.15, -0.1) is 34.4 Å². The maximum absolute atomic E-state index is 11.5. The zero-order valence-electron chi connectivity index (χ0n) is 9.22. The Morgan fingerprint density at radius 2 is 1.88 bits per heavy atom. The van der Waals surface area contributed by atoms with Crippen molar-refractivity contribution in [3.8, 4) is 0 Å². The van der Waals surface area contributed by atoms with E-state index in [9.17, 15) is 4.79 Å². The molecule has 0 spiro atoms. The summed E-state index contributed by atoms with van der Waals surface area (Å²) in [6.07, 6.45) is 0. The highest BCUT2D eigenvalue weighted by atomic mass is 32.2. The Hall–Kier alpha value is -0.780. The van der Waals surface area contributed by atoms with E-state index >= 15 is 0 Å². The van der Waals surface area contributed by atoms with Crippen LogP contribution in [-0.4, -0.2) is 11.7 Å². The first-order valence-electron chi connectivity index (χ1n) is 5.24. The summed E-state index contributed by atoms with van der Waals surface area (Å²) in [5, 5.41) is 7.00. The summed E-state index contributed by atoms with van der Waals surface area (Å²) in [6, 6.07) is 8.17. The smallest absolute Gasteiger partial charge is 0.230 e. The van der Waals surface area contributed by atoms with Gasteiger partial charge in [-0.3, -0.25) is 4.79 Å². The lowest BCUT2D eigenvalue weighted by Crippen LogP contribution is -2.24. The van der Waals surface area contributed by atoms with E-state index in [2.05, 4.69) is 16.8 Å². The Labute approximate surface area is 113 Å². The maximum atomic E-state index is 11.5. The number of thioether (sulfide) groups is 1. The Morgan fingerprint density at radius 3 is 2.53 bits per heavy atom. The van der Waals surface area contributed by atoms with Gasteiger partial charge in [0, 0.05) is 15.5 Å². The normalized spacial score (nSPS) is 10.4. The van der Waals surface area contributed by atoms with Crippen molar-refractivity contribution in [1.29, 1.82) is 0 Å². The van der Waals surface area contributed by atoms with Gasteiger partial charge in [0.05, 0.1) is 12.3 Å². The van der Waals surface area contributed by atoms with Crippen LogP contribution in [0.1, 0.15) is 9.75 Å². The average molecular weight is 283 g/mol. The van der Waals surface area contributed by atoms with Gasteiger partial charge in [0.15, 0.2) is 0 Å². The highest BCUT2D eigenvalue weighted by molar-refractivity contribution is 7.99. The number of hydrogen-bond acceptors (Lipinski definition) is 4. The second kappa shape index (κ2) is 6.83. The SMILES string of the molecule is O=C(CSCc1cccs1)NCc1cccs1. The molecule has 0 aliphatic heterocycles. The second-order valence-corrected chi connectivity index (χ2v) is 6.48. The molecule has 0 saturated heterocycles. The van der Waals surface area contributed by atoms with E-state index in [1.54, 1.807) is 34.4 Å². The molecule has 0 unspecified atom stereocenters. The fourth-order valence-corrected chi connectivity index (χ4v) is 3.63. The van der Waals surface area contributed by atoms with Crippen LogP contribution in [0.5, 0.6) is 0 Å². The molecule has 2 aromatic rings. The van der Waals surface area contributed by atoms with Gasteiger partial charge >= 0.3 is 0 Å². The van der Waals surface area contributed by atoms with Crippen LogP contribution in [-0.2, 0) is 17.1 Å². The molecular weight excluding hydrogens is 270 g/mol. The molecule has 2 rings (SSSR count). The van der Waals surface area contributed by atoms with Crippen LogP contribution in [0, 0.1) is 0 Å². The first-order chi connectivity index (χ1) is 8.34. The number of amides is 1. The van der Waals surface area contributed by atoms with Crippen molar-refractivity contribution < 1.29 is 4.79 Å². The summed E-state index contributed by atoms with van der Waals surface area (Å²) < 4.78 is 0. The Balaban J connectivity index is 1.61. The van der Waals surface area contributed by atoms with Crippen LogP contribution in [0.3, 0.4) is 0 Å². The summed E-state index contributed by atoms with van der Waals surface area (Å²) in [5.41, 5.74) is 0. The van der Waals surface area contributed by atoms with Gasteiger partial charge in [0.2, 0.25) is 5.91 Å². The number of rotatable bonds is 6. The lowest BCUT2D eigenvalue weighted by molar-refractivity contribution is -0.118. The van der Waals surface area contributed by atoms with Crippen molar-refractivity contribution in [3.63, 3.8) is 0 Å². The Kier molecular flexibility index (Phi) is 5.09. The topological polar surface area (TPSA) is 29.1 Å². The number of hydrogen-bond donors (Lipinski definition) is 1. The van der Waals surface area contributed by atoms with Gasteiger partial charge in [-0.1, -0.05) is 12.1 Å². The molecule has 0 radical (unpaired) electrons. The fraction of sp³-hybridized carbons (Fsp3) is 0.250. The Bertz CT molecular complexity index is 436.